The van der Waals surface area contributed by atoms with Crippen LogP contribution in [0.2, 0.25) is 5.02 Å². The van der Waals surface area contributed by atoms with Crippen molar-refractivity contribution in [3.63, 3.8) is 0 Å². The van der Waals surface area contributed by atoms with E-state index in [2.05, 4.69) is 10.9 Å². The molecule has 0 bridgehead atoms. The molecule has 7 nitrogen and oxygen atoms in total. The van der Waals surface area contributed by atoms with Crippen LogP contribution in [0.5, 0.6) is 0 Å². The molecule has 2 N–H and O–H groups in total. The fraction of sp³-hybridized carbons (Fsp3) is 0.211. The molecule has 0 fully saturated rings. The molecule has 1 heterocycles. The highest BCUT2D eigenvalue weighted by atomic mass is 35.5. The predicted molar refractivity (Wildman–Crippen MR) is 103 cm³/mol. The van der Waals surface area contributed by atoms with Crippen LogP contribution in [-0.2, 0) is 29.6 Å². The molecule has 0 unspecified atom stereocenters. The summed E-state index contributed by atoms with van der Waals surface area (Å²) in [6, 6.07) is 14.3. The van der Waals surface area contributed by atoms with Crippen molar-refractivity contribution in [1.82, 2.24) is 20.0 Å². The van der Waals surface area contributed by atoms with Crippen molar-refractivity contribution in [2.75, 3.05) is 0 Å². The number of imidazole rings is 1. The first-order valence-corrected chi connectivity index (χ1v) is 8.80. The van der Waals surface area contributed by atoms with E-state index in [0.717, 1.165) is 16.6 Å². The second-order valence-electron chi connectivity index (χ2n) is 6.13. The van der Waals surface area contributed by atoms with Crippen molar-refractivity contribution < 1.29 is 9.59 Å². The lowest BCUT2D eigenvalue weighted by Gasteiger charge is -2.08. The molecule has 27 heavy (non-hydrogen) atoms. The molecule has 0 aliphatic heterocycles. The molecule has 0 saturated carbocycles. The lowest BCUT2D eigenvalue weighted by molar-refractivity contribution is -0.128. The number of aryl methyl sites for hydroxylation is 2. The second-order valence-corrected chi connectivity index (χ2v) is 6.57. The minimum Gasteiger partial charge on any atom is -0.295 e. The number of hydrazine groups is 1. The Bertz CT molecular complexity index is 1040. The van der Waals surface area contributed by atoms with E-state index in [1.807, 2.05) is 24.3 Å². The number of amides is 2. The van der Waals surface area contributed by atoms with Crippen LogP contribution in [-0.4, -0.2) is 20.9 Å². The first-order valence-electron chi connectivity index (χ1n) is 8.42. The lowest BCUT2D eigenvalue weighted by Crippen LogP contribution is -2.42. The van der Waals surface area contributed by atoms with Gasteiger partial charge in [-0.15, -0.1) is 0 Å². The summed E-state index contributed by atoms with van der Waals surface area (Å²) >= 11 is 5.80. The van der Waals surface area contributed by atoms with E-state index >= 15 is 0 Å². The van der Waals surface area contributed by atoms with E-state index < -0.39 is 0 Å². The molecule has 3 aromatic rings. The summed E-state index contributed by atoms with van der Waals surface area (Å²) in [5.74, 6) is -0.715. The van der Waals surface area contributed by atoms with Gasteiger partial charge >= 0.3 is 5.69 Å². The highest BCUT2D eigenvalue weighted by molar-refractivity contribution is 6.30. The average Bonchev–Trinajstić information content (AvgIpc) is 2.91. The summed E-state index contributed by atoms with van der Waals surface area (Å²) in [5.41, 5.74) is 6.92. The molecular formula is C19H19ClN4O3. The maximum atomic E-state index is 12.3. The van der Waals surface area contributed by atoms with Crippen LogP contribution >= 0.6 is 11.6 Å². The van der Waals surface area contributed by atoms with Crippen molar-refractivity contribution in [1.29, 1.82) is 0 Å². The van der Waals surface area contributed by atoms with Gasteiger partial charge in [-0.2, -0.15) is 0 Å². The van der Waals surface area contributed by atoms with Crippen LogP contribution in [0.15, 0.2) is 53.3 Å². The third-order valence-electron chi connectivity index (χ3n) is 4.23. The third-order valence-corrected chi connectivity index (χ3v) is 4.49. The molecule has 3 rings (SSSR count). The van der Waals surface area contributed by atoms with Gasteiger partial charge in [0, 0.05) is 25.0 Å². The fourth-order valence-corrected chi connectivity index (χ4v) is 2.95. The Kier molecular flexibility index (Phi) is 5.61. The summed E-state index contributed by atoms with van der Waals surface area (Å²) < 4.78 is 3.09. The number of aromatic nitrogens is 2. The number of nitrogens with one attached hydrogen (secondary N) is 2. The van der Waals surface area contributed by atoms with Gasteiger partial charge in [0.15, 0.2) is 0 Å². The molecule has 0 radical (unpaired) electrons. The predicted octanol–water partition coefficient (Wildman–Crippen LogP) is 1.77. The van der Waals surface area contributed by atoms with Gasteiger partial charge in [-0.05, 0) is 29.8 Å². The largest absolute Gasteiger partial charge is 0.328 e. The topological polar surface area (TPSA) is 85.1 Å². The van der Waals surface area contributed by atoms with Gasteiger partial charge in [0.1, 0.15) is 0 Å². The fourth-order valence-electron chi connectivity index (χ4n) is 2.83. The van der Waals surface area contributed by atoms with Gasteiger partial charge in [-0.25, -0.2) is 4.79 Å². The lowest BCUT2D eigenvalue weighted by atomic mass is 10.1. The first kappa shape index (κ1) is 18.7. The van der Waals surface area contributed by atoms with Crippen LogP contribution in [0, 0.1) is 0 Å². The van der Waals surface area contributed by atoms with Crippen molar-refractivity contribution in [3.05, 3.63) is 69.6 Å². The Hall–Kier alpha value is -3.06. The van der Waals surface area contributed by atoms with Crippen LogP contribution in [0.3, 0.4) is 0 Å². The smallest absolute Gasteiger partial charge is 0.295 e. The van der Waals surface area contributed by atoms with Gasteiger partial charge in [0.25, 0.3) is 0 Å². The number of hydrogen-bond donors (Lipinski definition) is 2. The molecule has 0 aliphatic carbocycles. The number of benzene rings is 2. The molecule has 0 spiro atoms. The van der Waals surface area contributed by atoms with E-state index in [-0.39, 0.29) is 36.9 Å². The number of fused-ring (bicyclic) bond motifs is 1. The number of carbonyl (C=O) groups excluding carboxylic acids is 2. The minimum atomic E-state index is -0.376. The maximum Gasteiger partial charge on any atom is 0.328 e. The van der Waals surface area contributed by atoms with E-state index in [0.29, 0.717) is 5.02 Å². The molecule has 1 aromatic heterocycles. The number of nitrogens with zero attached hydrogens (tertiary/aromatic N) is 2. The molecule has 0 saturated heterocycles. The monoisotopic (exact) mass is 386 g/mol. The Morgan fingerprint density at radius 3 is 2.30 bits per heavy atom. The summed E-state index contributed by atoms with van der Waals surface area (Å²) in [5, 5.41) is 0.594. The van der Waals surface area contributed by atoms with Gasteiger partial charge in [0.2, 0.25) is 11.8 Å². The Morgan fingerprint density at radius 1 is 0.963 bits per heavy atom. The number of hydrogen-bond acceptors (Lipinski definition) is 3. The van der Waals surface area contributed by atoms with E-state index in [1.54, 1.807) is 40.4 Å². The van der Waals surface area contributed by atoms with Crippen LogP contribution < -0.4 is 16.5 Å². The molecule has 2 amide bonds. The van der Waals surface area contributed by atoms with Crippen LogP contribution in [0.25, 0.3) is 11.0 Å². The van der Waals surface area contributed by atoms with Gasteiger partial charge in [-0.3, -0.25) is 29.6 Å². The number of carbonyl (C=O) groups is 2. The Morgan fingerprint density at radius 2 is 1.59 bits per heavy atom. The highest BCUT2D eigenvalue weighted by Gasteiger charge is 2.12. The third kappa shape index (κ3) is 4.38. The molecule has 8 heteroatoms. The minimum absolute atomic E-state index is 0.0646. The Labute approximate surface area is 160 Å². The molecular weight excluding hydrogens is 368 g/mol. The summed E-state index contributed by atoms with van der Waals surface area (Å²) in [7, 11) is 1.69. The van der Waals surface area contributed by atoms with Gasteiger partial charge < -0.3 is 0 Å². The van der Waals surface area contributed by atoms with E-state index in [9.17, 15) is 14.4 Å². The number of rotatable bonds is 5. The second kappa shape index (κ2) is 8.09. The SMILES string of the molecule is Cn1c(=O)n(CCC(=O)NNC(=O)Cc2ccc(Cl)cc2)c2ccccc21. The first-order chi connectivity index (χ1) is 13.0. The summed E-state index contributed by atoms with van der Waals surface area (Å²) in [6.45, 7) is 0.221. The van der Waals surface area contributed by atoms with Crippen molar-refractivity contribution >= 4 is 34.4 Å². The number of para-hydroxylation sites is 2. The van der Waals surface area contributed by atoms with Crippen molar-refractivity contribution in [3.8, 4) is 0 Å². The zero-order valence-electron chi connectivity index (χ0n) is 14.7. The zero-order valence-corrected chi connectivity index (χ0v) is 15.5. The van der Waals surface area contributed by atoms with Crippen LogP contribution in [0.1, 0.15) is 12.0 Å². The van der Waals surface area contributed by atoms with Crippen molar-refractivity contribution in [2.24, 2.45) is 7.05 Å². The quantitative estimate of drug-likeness (QED) is 0.655. The average molecular weight is 387 g/mol. The molecule has 0 atom stereocenters. The summed E-state index contributed by atoms with van der Waals surface area (Å²) in [4.78, 5) is 36.2. The van der Waals surface area contributed by atoms with E-state index in [1.165, 1.54) is 0 Å². The standard InChI is InChI=1S/C19H19ClN4O3/c1-23-15-4-2-3-5-16(15)24(19(23)27)11-10-17(25)21-22-18(26)12-13-6-8-14(20)9-7-13/h2-9H,10-12H2,1H3,(H,21,25)(H,22,26). The van der Waals surface area contributed by atoms with Crippen LogP contribution in [0.4, 0.5) is 0 Å². The van der Waals surface area contributed by atoms with Gasteiger partial charge in [0.05, 0.1) is 17.5 Å². The molecule has 140 valence electrons. The summed E-state index contributed by atoms with van der Waals surface area (Å²) in [6.07, 6.45) is 0.190. The molecule has 2 aromatic carbocycles. The highest BCUT2D eigenvalue weighted by Crippen LogP contribution is 2.12. The molecule has 0 aliphatic rings. The number of halogens is 1. The maximum absolute atomic E-state index is 12.3. The van der Waals surface area contributed by atoms with E-state index in [4.69, 9.17) is 11.6 Å². The van der Waals surface area contributed by atoms with Gasteiger partial charge in [-0.1, -0.05) is 35.9 Å². The normalized spacial score (nSPS) is 10.7. The zero-order chi connectivity index (χ0) is 19.4. The van der Waals surface area contributed by atoms with Crippen molar-refractivity contribution in [2.45, 2.75) is 19.4 Å². The Balaban J connectivity index is 1.53.